The van der Waals surface area contributed by atoms with Gasteiger partial charge in [-0.1, -0.05) is 30.3 Å². The molecule has 0 atom stereocenters. The molecule has 0 aliphatic rings. The van der Waals surface area contributed by atoms with Crippen molar-refractivity contribution in [2.75, 3.05) is 7.11 Å². The number of hydrogen-bond acceptors (Lipinski definition) is 5. The number of carbonyl (C=O) groups excluding carboxylic acids is 2. The summed E-state index contributed by atoms with van der Waals surface area (Å²) in [5, 5.41) is 10.8. The molecule has 5 heteroatoms. The van der Waals surface area contributed by atoms with Crippen LogP contribution in [0.1, 0.15) is 31.8 Å². The normalized spacial score (nSPS) is 10.0. The van der Waals surface area contributed by atoms with Crippen LogP contribution in [0.25, 0.3) is 0 Å². The van der Waals surface area contributed by atoms with Crippen LogP contribution in [0.4, 0.5) is 0 Å². The van der Waals surface area contributed by atoms with Crippen LogP contribution in [0, 0.1) is 0 Å². The standard InChI is InChI=1S/C19H18O5/c1-3-4-16-9-14(11-20)10-17(23-2)18(16)24-12-13-5-7-15(8-6-13)19(21)22/h3,5-11H,1,4,12H2,2H3,(H,21,22)/p-1. The summed E-state index contributed by atoms with van der Waals surface area (Å²) in [7, 11) is 1.50. The molecule has 0 heterocycles. The van der Waals surface area contributed by atoms with Crippen LogP contribution < -0.4 is 14.6 Å². The van der Waals surface area contributed by atoms with E-state index in [-0.39, 0.29) is 12.2 Å². The Morgan fingerprint density at radius 1 is 1.25 bits per heavy atom. The highest BCUT2D eigenvalue weighted by Crippen LogP contribution is 2.33. The van der Waals surface area contributed by atoms with E-state index in [0.29, 0.717) is 23.5 Å². The maximum Gasteiger partial charge on any atom is 0.165 e. The second-order valence-corrected chi connectivity index (χ2v) is 5.10. The van der Waals surface area contributed by atoms with Crippen LogP contribution in [-0.2, 0) is 13.0 Å². The van der Waals surface area contributed by atoms with E-state index >= 15 is 0 Å². The third-order valence-electron chi connectivity index (χ3n) is 3.45. The van der Waals surface area contributed by atoms with E-state index in [1.807, 2.05) is 0 Å². The van der Waals surface area contributed by atoms with Gasteiger partial charge in [-0.25, -0.2) is 0 Å². The molecule has 2 rings (SSSR count). The molecule has 0 aliphatic heterocycles. The van der Waals surface area contributed by atoms with Gasteiger partial charge in [0.1, 0.15) is 12.9 Å². The minimum absolute atomic E-state index is 0.110. The number of ether oxygens (including phenoxy) is 2. The largest absolute Gasteiger partial charge is 0.545 e. The Morgan fingerprint density at radius 3 is 2.50 bits per heavy atom. The van der Waals surface area contributed by atoms with E-state index in [1.165, 1.54) is 19.2 Å². The van der Waals surface area contributed by atoms with Crippen molar-refractivity contribution in [3.05, 3.63) is 71.3 Å². The molecule has 0 aliphatic carbocycles. The van der Waals surface area contributed by atoms with Crippen LogP contribution in [0.2, 0.25) is 0 Å². The fourth-order valence-corrected chi connectivity index (χ4v) is 2.27. The lowest BCUT2D eigenvalue weighted by molar-refractivity contribution is -0.255. The summed E-state index contributed by atoms with van der Waals surface area (Å²) in [6.45, 7) is 3.94. The monoisotopic (exact) mass is 325 g/mol. The molecular formula is C19H17O5-. The third-order valence-corrected chi connectivity index (χ3v) is 3.45. The summed E-state index contributed by atoms with van der Waals surface area (Å²) < 4.78 is 11.2. The summed E-state index contributed by atoms with van der Waals surface area (Å²) in [6.07, 6.45) is 2.99. The summed E-state index contributed by atoms with van der Waals surface area (Å²) >= 11 is 0. The highest BCUT2D eigenvalue weighted by molar-refractivity contribution is 5.85. The van der Waals surface area contributed by atoms with Gasteiger partial charge in [0.2, 0.25) is 0 Å². The van der Waals surface area contributed by atoms with Crippen molar-refractivity contribution in [1.29, 1.82) is 0 Å². The van der Waals surface area contributed by atoms with E-state index in [1.54, 1.807) is 30.3 Å². The van der Waals surface area contributed by atoms with E-state index in [2.05, 4.69) is 6.58 Å². The second-order valence-electron chi connectivity index (χ2n) is 5.10. The number of carboxylic acids is 1. The van der Waals surface area contributed by atoms with Crippen LogP contribution in [0.15, 0.2) is 49.1 Å². The Bertz CT molecular complexity index is 747. The molecule has 0 radical (unpaired) electrons. The minimum Gasteiger partial charge on any atom is -0.545 e. The first-order valence-electron chi connectivity index (χ1n) is 7.29. The number of rotatable bonds is 8. The average molecular weight is 325 g/mol. The van der Waals surface area contributed by atoms with Crippen LogP contribution >= 0.6 is 0 Å². The first-order valence-corrected chi connectivity index (χ1v) is 7.29. The fourth-order valence-electron chi connectivity index (χ4n) is 2.27. The fraction of sp³-hybridized carbons (Fsp3) is 0.158. The van der Waals surface area contributed by atoms with Crippen molar-refractivity contribution in [1.82, 2.24) is 0 Å². The van der Waals surface area contributed by atoms with Crippen molar-refractivity contribution in [2.24, 2.45) is 0 Å². The molecule has 0 amide bonds. The molecule has 0 saturated heterocycles. The minimum atomic E-state index is -1.22. The van der Waals surface area contributed by atoms with E-state index in [0.717, 1.165) is 17.4 Å². The number of allylic oxidation sites excluding steroid dienone is 1. The zero-order valence-corrected chi connectivity index (χ0v) is 13.3. The summed E-state index contributed by atoms with van der Waals surface area (Å²) in [6, 6.07) is 9.58. The van der Waals surface area contributed by atoms with Gasteiger partial charge < -0.3 is 19.4 Å². The topological polar surface area (TPSA) is 75.7 Å². The van der Waals surface area contributed by atoms with Crippen LogP contribution in [0.3, 0.4) is 0 Å². The lowest BCUT2D eigenvalue weighted by Crippen LogP contribution is -2.22. The summed E-state index contributed by atoms with van der Waals surface area (Å²) in [5.41, 5.74) is 2.19. The van der Waals surface area contributed by atoms with Gasteiger partial charge in [0.25, 0.3) is 0 Å². The maximum absolute atomic E-state index is 11.0. The molecule has 0 spiro atoms. The zero-order chi connectivity index (χ0) is 17.5. The molecule has 0 N–H and O–H groups in total. The number of aromatic carboxylic acids is 1. The number of methoxy groups -OCH3 is 1. The predicted molar refractivity (Wildman–Crippen MR) is 87.4 cm³/mol. The average Bonchev–Trinajstić information content (AvgIpc) is 2.60. The number of aldehydes is 1. The van der Waals surface area contributed by atoms with Crippen molar-refractivity contribution >= 4 is 12.3 Å². The molecule has 2 aromatic carbocycles. The SMILES string of the molecule is C=CCc1cc(C=O)cc(OC)c1OCc1ccc(C(=O)[O-])cc1. The molecule has 0 saturated carbocycles. The van der Waals surface area contributed by atoms with Gasteiger partial charge in [-0.2, -0.15) is 0 Å². The maximum atomic E-state index is 11.0. The molecule has 2 aromatic rings. The Hall–Kier alpha value is -3.08. The molecule has 0 bridgehead atoms. The predicted octanol–water partition coefficient (Wildman–Crippen LogP) is 2.18. The van der Waals surface area contributed by atoms with Gasteiger partial charge >= 0.3 is 0 Å². The number of carbonyl (C=O) groups is 2. The Kier molecular flexibility index (Phi) is 5.73. The molecular weight excluding hydrogens is 308 g/mol. The van der Waals surface area contributed by atoms with Gasteiger partial charge in [-0.05, 0) is 29.7 Å². The quantitative estimate of drug-likeness (QED) is 0.549. The molecule has 0 fully saturated rings. The van der Waals surface area contributed by atoms with Crippen LogP contribution in [0.5, 0.6) is 11.5 Å². The smallest absolute Gasteiger partial charge is 0.165 e. The molecule has 0 aromatic heterocycles. The zero-order valence-electron chi connectivity index (χ0n) is 13.3. The molecule has 0 unspecified atom stereocenters. The Morgan fingerprint density at radius 2 is 1.96 bits per heavy atom. The van der Waals surface area contributed by atoms with Gasteiger partial charge in [0.15, 0.2) is 11.5 Å². The lowest BCUT2D eigenvalue weighted by Gasteiger charge is -2.15. The van der Waals surface area contributed by atoms with Crippen molar-refractivity contribution in [3.8, 4) is 11.5 Å². The van der Waals surface area contributed by atoms with Crippen LogP contribution in [-0.4, -0.2) is 19.4 Å². The number of benzene rings is 2. The Labute approximate surface area is 140 Å². The summed E-state index contributed by atoms with van der Waals surface area (Å²) in [4.78, 5) is 21.8. The first-order chi connectivity index (χ1) is 11.6. The van der Waals surface area contributed by atoms with Gasteiger partial charge in [-0.3, -0.25) is 4.79 Å². The number of carboxylic acid groups (broad SMARTS) is 1. The lowest BCUT2D eigenvalue weighted by atomic mass is 10.1. The van der Waals surface area contributed by atoms with Gasteiger partial charge in [0, 0.05) is 11.1 Å². The van der Waals surface area contributed by atoms with E-state index in [4.69, 9.17) is 9.47 Å². The Balaban J connectivity index is 2.25. The molecule has 124 valence electrons. The highest BCUT2D eigenvalue weighted by atomic mass is 16.5. The first kappa shape index (κ1) is 17.3. The van der Waals surface area contributed by atoms with Gasteiger partial charge in [0.05, 0.1) is 13.1 Å². The van der Waals surface area contributed by atoms with E-state index in [9.17, 15) is 14.7 Å². The molecule has 24 heavy (non-hydrogen) atoms. The van der Waals surface area contributed by atoms with Crippen molar-refractivity contribution in [2.45, 2.75) is 13.0 Å². The van der Waals surface area contributed by atoms with Gasteiger partial charge in [-0.15, -0.1) is 6.58 Å². The molecule has 5 nitrogen and oxygen atoms in total. The van der Waals surface area contributed by atoms with Crippen molar-refractivity contribution in [3.63, 3.8) is 0 Å². The van der Waals surface area contributed by atoms with Crippen molar-refractivity contribution < 1.29 is 24.2 Å². The third kappa shape index (κ3) is 4.01. The highest BCUT2D eigenvalue weighted by Gasteiger charge is 2.13. The second kappa shape index (κ2) is 7.97. The number of hydrogen-bond donors (Lipinski definition) is 0. The van der Waals surface area contributed by atoms with E-state index < -0.39 is 5.97 Å². The summed E-state index contributed by atoms with van der Waals surface area (Å²) in [5.74, 6) is -0.225.